The molecule has 5 heteroatoms. The molecule has 1 heterocycles. The summed E-state index contributed by atoms with van der Waals surface area (Å²) in [7, 11) is 0. The van der Waals surface area contributed by atoms with Crippen LogP contribution in [0.3, 0.4) is 0 Å². The monoisotopic (exact) mass is 256 g/mol. The minimum absolute atomic E-state index is 0.131. The number of benzene rings is 1. The van der Waals surface area contributed by atoms with Crippen LogP contribution in [0.25, 0.3) is 0 Å². The highest BCUT2D eigenvalue weighted by Gasteiger charge is 2.06. The summed E-state index contributed by atoms with van der Waals surface area (Å²) in [5.41, 5.74) is 5.80. The lowest BCUT2D eigenvalue weighted by Gasteiger charge is -2.07. The van der Waals surface area contributed by atoms with Crippen LogP contribution in [0.5, 0.6) is 0 Å². The molecular formula is C14H16N4O. The second kappa shape index (κ2) is 5.97. The smallest absolute Gasteiger partial charge is 0.251 e. The molecule has 2 rings (SSSR count). The number of hydrogen-bond acceptors (Lipinski definition) is 4. The number of aryl methyl sites for hydroxylation is 1. The Morgan fingerprint density at radius 3 is 2.63 bits per heavy atom. The van der Waals surface area contributed by atoms with Crippen LogP contribution in [-0.4, -0.2) is 10.9 Å². The minimum atomic E-state index is -0.131. The first-order valence-electron chi connectivity index (χ1n) is 5.96. The van der Waals surface area contributed by atoms with Gasteiger partial charge in [-0.2, -0.15) is 0 Å². The van der Waals surface area contributed by atoms with Gasteiger partial charge in [-0.05, 0) is 42.8 Å². The highest BCUT2D eigenvalue weighted by Crippen LogP contribution is 2.08. The van der Waals surface area contributed by atoms with E-state index in [1.54, 1.807) is 30.5 Å². The Kier molecular flexibility index (Phi) is 4.10. The van der Waals surface area contributed by atoms with E-state index in [4.69, 9.17) is 5.84 Å². The number of rotatable bonds is 4. The summed E-state index contributed by atoms with van der Waals surface area (Å²) in [6, 6.07) is 10.8. The highest BCUT2D eigenvalue weighted by atomic mass is 16.1. The molecule has 1 amide bonds. The van der Waals surface area contributed by atoms with Gasteiger partial charge in [-0.25, -0.2) is 0 Å². The number of aromatic nitrogens is 1. The Morgan fingerprint density at radius 1 is 1.26 bits per heavy atom. The van der Waals surface area contributed by atoms with E-state index in [1.807, 2.05) is 19.1 Å². The normalized spacial score (nSPS) is 10.0. The van der Waals surface area contributed by atoms with Gasteiger partial charge in [0.25, 0.3) is 5.91 Å². The Bertz CT molecular complexity index is 566. The summed E-state index contributed by atoms with van der Waals surface area (Å²) in [6.45, 7) is 2.39. The highest BCUT2D eigenvalue weighted by molar-refractivity contribution is 5.94. The first-order chi connectivity index (χ1) is 9.20. The number of carbonyl (C=O) groups excluding carboxylic acids is 1. The molecule has 0 aliphatic carbocycles. The second-order valence-corrected chi connectivity index (χ2v) is 4.17. The molecule has 5 nitrogen and oxygen atoms in total. The Labute approximate surface area is 111 Å². The second-order valence-electron chi connectivity index (χ2n) is 4.17. The quantitative estimate of drug-likeness (QED) is 0.573. The first kappa shape index (κ1) is 13.0. The van der Waals surface area contributed by atoms with Gasteiger partial charge in [-0.15, -0.1) is 0 Å². The largest absolute Gasteiger partial charge is 0.346 e. The zero-order valence-electron chi connectivity index (χ0n) is 10.7. The molecule has 0 aliphatic heterocycles. The molecule has 0 bridgehead atoms. The number of nitrogens with one attached hydrogen (secondary N) is 2. The number of hydrogen-bond donors (Lipinski definition) is 3. The fourth-order valence-electron chi connectivity index (χ4n) is 1.69. The fraction of sp³-hybridized carbons (Fsp3) is 0.143. The van der Waals surface area contributed by atoms with Crippen LogP contribution in [0.1, 0.15) is 21.6 Å². The van der Waals surface area contributed by atoms with Gasteiger partial charge >= 0.3 is 0 Å². The SMILES string of the molecule is Cc1cccnc1CNC(=O)c1ccc(NN)cc1. The van der Waals surface area contributed by atoms with Crippen LogP contribution in [-0.2, 0) is 6.54 Å². The van der Waals surface area contributed by atoms with Crippen molar-refractivity contribution in [3.8, 4) is 0 Å². The molecule has 4 N–H and O–H groups in total. The summed E-state index contributed by atoms with van der Waals surface area (Å²) < 4.78 is 0. The Morgan fingerprint density at radius 2 is 2.00 bits per heavy atom. The van der Waals surface area contributed by atoms with Gasteiger partial charge in [0.1, 0.15) is 0 Å². The van der Waals surface area contributed by atoms with Gasteiger partial charge in [0.05, 0.1) is 12.2 Å². The zero-order valence-corrected chi connectivity index (χ0v) is 10.7. The topological polar surface area (TPSA) is 80.0 Å². The maximum atomic E-state index is 11.9. The molecule has 0 atom stereocenters. The number of pyridine rings is 1. The van der Waals surface area contributed by atoms with Crippen molar-refractivity contribution in [2.45, 2.75) is 13.5 Å². The number of amides is 1. The maximum Gasteiger partial charge on any atom is 0.251 e. The van der Waals surface area contributed by atoms with Crippen molar-refractivity contribution in [2.75, 3.05) is 5.43 Å². The summed E-state index contributed by atoms with van der Waals surface area (Å²) in [5.74, 6) is 5.14. The van der Waals surface area contributed by atoms with Crippen molar-refractivity contribution < 1.29 is 4.79 Å². The summed E-state index contributed by atoms with van der Waals surface area (Å²) in [4.78, 5) is 16.2. The maximum absolute atomic E-state index is 11.9. The third-order valence-corrected chi connectivity index (χ3v) is 2.85. The Hall–Kier alpha value is -2.40. The van der Waals surface area contributed by atoms with Crippen molar-refractivity contribution in [3.63, 3.8) is 0 Å². The average molecular weight is 256 g/mol. The molecule has 0 unspecified atom stereocenters. The van der Waals surface area contributed by atoms with Gasteiger partial charge in [-0.1, -0.05) is 6.07 Å². The van der Waals surface area contributed by atoms with Gasteiger partial charge in [0, 0.05) is 17.4 Å². The van der Waals surface area contributed by atoms with Gasteiger partial charge in [-0.3, -0.25) is 15.6 Å². The third-order valence-electron chi connectivity index (χ3n) is 2.85. The molecule has 0 spiro atoms. The molecule has 0 aliphatic rings. The predicted octanol–water partition coefficient (Wildman–Crippen LogP) is 1.61. The molecule has 0 fully saturated rings. The average Bonchev–Trinajstić information content (AvgIpc) is 2.46. The molecular weight excluding hydrogens is 240 g/mol. The van der Waals surface area contributed by atoms with Crippen LogP contribution < -0.4 is 16.6 Å². The summed E-state index contributed by atoms with van der Waals surface area (Å²) >= 11 is 0. The van der Waals surface area contributed by atoms with Gasteiger partial charge in [0.2, 0.25) is 0 Å². The van der Waals surface area contributed by atoms with Crippen LogP contribution in [0.2, 0.25) is 0 Å². The van der Waals surface area contributed by atoms with E-state index in [-0.39, 0.29) is 5.91 Å². The van der Waals surface area contributed by atoms with Crippen molar-refractivity contribution in [1.29, 1.82) is 0 Å². The molecule has 0 saturated heterocycles. The standard InChI is InChI=1S/C14H16N4O/c1-10-3-2-8-16-13(10)9-17-14(19)11-4-6-12(18-15)7-5-11/h2-8,18H,9,15H2,1H3,(H,17,19). The number of anilines is 1. The molecule has 98 valence electrons. The number of nitrogens with two attached hydrogens (primary N) is 1. The summed E-state index contributed by atoms with van der Waals surface area (Å²) in [6.07, 6.45) is 1.72. The molecule has 0 saturated carbocycles. The lowest BCUT2D eigenvalue weighted by atomic mass is 10.2. The van der Waals surface area contributed by atoms with Crippen molar-refractivity contribution in [1.82, 2.24) is 10.3 Å². The summed E-state index contributed by atoms with van der Waals surface area (Å²) in [5, 5.41) is 2.84. The lowest BCUT2D eigenvalue weighted by molar-refractivity contribution is 0.0950. The van der Waals surface area contributed by atoms with Crippen LogP contribution >= 0.6 is 0 Å². The fourth-order valence-corrected chi connectivity index (χ4v) is 1.69. The van der Waals surface area contributed by atoms with E-state index >= 15 is 0 Å². The van der Waals surface area contributed by atoms with Crippen molar-refractivity contribution in [3.05, 3.63) is 59.4 Å². The van der Waals surface area contributed by atoms with Crippen molar-refractivity contribution in [2.24, 2.45) is 5.84 Å². The molecule has 19 heavy (non-hydrogen) atoms. The van der Waals surface area contributed by atoms with E-state index < -0.39 is 0 Å². The van der Waals surface area contributed by atoms with Crippen molar-refractivity contribution >= 4 is 11.6 Å². The third kappa shape index (κ3) is 3.29. The van der Waals surface area contributed by atoms with Gasteiger partial charge in [0.15, 0.2) is 0 Å². The number of nitrogens with zero attached hydrogens (tertiary/aromatic N) is 1. The first-order valence-corrected chi connectivity index (χ1v) is 5.96. The van der Waals surface area contributed by atoms with Gasteiger partial charge < -0.3 is 10.7 Å². The lowest BCUT2D eigenvalue weighted by Crippen LogP contribution is -2.23. The van der Waals surface area contributed by atoms with E-state index in [1.165, 1.54) is 0 Å². The predicted molar refractivity (Wildman–Crippen MR) is 74.4 cm³/mol. The van der Waals surface area contributed by atoms with E-state index in [0.29, 0.717) is 12.1 Å². The number of nitrogen functional groups attached to an aromatic ring is 1. The zero-order chi connectivity index (χ0) is 13.7. The Balaban J connectivity index is 1.99. The van der Waals surface area contributed by atoms with E-state index in [0.717, 1.165) is 16.9 Å². The molecule has 1 aromatic heterocycles. The van der Waals surface area contributed by atoms with Crippen LogP contribution in [0.15, 0.2) is 42.6 Å². The molecule has 0 radical (unpaired) electrons. The van der Waals surface area contributed by atoms with Crippen LogP contribution in [0.4, 0.5) is 5.69 Å². The van der Waals surface area contributed by atoms with Crippen LogP contribution in [0, 0.1) is 6.92 Å². The molecule has 1 aromatic carbocycles. The number of carbonyl (C=O) groups is 1. The molecule has 2 aromatic rings. The minimum Gasteiger partial charge on any atom is -0.346 e. The number of hydrazine groups is 1. The van der Waals surface area contributed by atoms with E-state index in [9.17, 15) is 4.79 Å². The van der Waals surface area contributed by atoms with E-state index in [2.05, 4.69) is 15.7 Å².